The van der Waals surface area contributed by atoms with Crippen molar-refractivity contribution in [1.29, 1.82) is 0 Å². The third-order valence-electron chi connectivity index (χ3n) is 6.36. The van der Waals surface area contributed by atoms with E-state index >= 15 is 0 Å². The number of nitro benzene ring substituents is 3. The fourth-order valence-electron chi connectivity index (χ4n) is 3.76. The highest BCUT2D eigenvalue weighted by Crippen LogP contribution is 2.36. The molecule has 0 saturated heterocycles. The maximum absolute atomic E-state index is 11.1. The fraction of sp³-hybridized carbons (Fsp3) is 0.769. The van der Waals surface area contributed by atoms with Crippen molar-refractivity contribution in [3.05, 3.63) is 42.5 Å². The summed E-state index contributed by atoms with van der Waals surface area (Å²) in [4.78, 5) is 27.5. The van der Waals surface area contributed by atoms with E-state index in [4.69, 9.17) is 0 Å². The summed E-state index contributed by atoms with van der Waals surface area (Å²) < 4.78 is 1.38. The van der Waals surface area contributed by atoms with Gasteiger partial charge in [-0.2, -0.15) is 0 Å². The topological polar surface area (TPSA) is 152 Å². The van der Waals surface area contributed by atoms with E-state index in [2.05, 4.69) is 55.4 Å². The maximum atomic E-state index is 11.1. The highest BCUT2D eigenvalue weighted by molar-refractivity contribution is 5.63. The quantitative estimate of drug-likeness (QED) is 0.144. The van der Waals surface area contributed by atoms with E-state index in [1.165, 1.54) is 56.3 Å². The lowest BCUT2D eigenvalue weighted by molar-refractivity contribution is -0.930. The van der Waals surface area contributed by atoms with Crippen LogP contribution in [0.5, 0.6) is 5.75 Å². The van der Waals surface area contributed by atoms with Crippen molar-refractivity contribution in [2.75, 3.05) is 26.2 Å². The average molecular weight is 527 g/mol. The third-order valence-corrected chi connectivity index (χ3v) is 6.36. The van der Waals surface area contributed by atoms with Crippen molar-refractivity contribution in [3.8, 4) is 5.75 Å². The van der Waals surface area contributed by atoms with Gasteiger partial charge in [-0.3, -0.25) is 30.3 Å². The van der Waals surface area contributed by atoms with Crippen LogP contribution < -0.4 is 5.11 Å². The Morgan fingerprint density at radius 1 is 0.595 bits per heavy atom. The molecule has 0 N–H and O–H groups in total. The first kappa shape index (κ1) is 34.2. The van der Waals surface area contributed by atoms with Crippen molar-refractivity contribution < 1.29 is 24.4 Å². The Morgan fingerprint density at radius 3 is 1.05 bits per heavy atom. The van der Waals surface area contributed by atoms with Crippen LogP contribution in [0.2, 0.25) is 0 Å². The molecule has 37 heavy (non-hydrogen) atoms. The molecule has 0 bridgehead atoms. The normalized spacial score (nSPS) is 11.7. The molecule has 0 aromatic heterocycles. The maximum Gasteiger partial charge on any atom is 0.283 e. The van der Waals surface area contributed by atoms with E-state index < -0.39 is 37.6 Å². The Bertz CT molecular complexity index is 797. The molecule has 0 spiro atoms. The lowest BCUT2D eigenvalue weighted by atomic mass is 10.0. The predicted molar refractivity (Wildman–Crippen MR) is 143 cm³/mol. The summed E-state index contributed by atoms with van der Waals surface area (Å²) in [5.41, 5.74) is -3.26. The smallest absolute Gasteiger partial charge is 0.283 e. The molecule has 1 aromatic carbocycles. The number of hydrogen-bond acceptors (Lipinski definition) is 7. The minimum Gasteiger partial charge on any atom is -0.863 e. The molecule has 0 unspecified atom stereocenters. The molecule has 11 heteroatoms. The van der Waals surface area contributed by atoms with Gasteiger partial charge in [0.05, 0.1) is 58.8 Å². The lowest BCUT2D eigenvalue weighted by Gasteiger charge is -2.41. The van der Waals surface area contributed by atoms with Gasteiger partial charge in [0, 0.05) is 0 Å². The van der Waals surface area contributed by atoms with E-state index in [0.717, 1.165) is 23.7 Å². The molecule has 0 aliphatic carbocycles. The largest absolute Gasteiger partial charge is 0.863 e. The van der Waals surface area contributed by atoms with Crippen molar-refractivity contribution in [2.24, 2.45) is 23.7 Å². The molecule has 0 heterocycles. The molecule has 0 aliphatic rings. The molecule has 1 aromatic rings. The van der Waals surface area contributed by atoms with E-state index in [1.807, 2.05) is 0 Å². The highest BCUT2D eigenvalue weighted by atomic mass is 16.6. The van der Waals surface area contributed by atoms with Crippen LogP contribution in [0.4, 0.5) is 17.1 Å². The van der Waals surface area contributed by atoms with Crippen LogP contribution in [-0.4, -0.2) is 45.4 Å². The first-order valence-corrected chi connectivity index (χ1v) is 13.1. The fourth-order valence-corrected chi connectivity index (χ4v) is 3.76. The molecular formula is C26H46N4O7. The van der Waals surface area contributed by atoms with Crippen LogP contribution in [0, 0.1) is 54.0 Å². The minimum absolute atomic E-state index is 0.384. The van der Waals surface area contributed by atoms with E-state index in [9.17, 15) is 35.4 Å². The number of non-ortho nitro benzene ring substituents is 1. The van der Waals surface area contributed by atoms with Crippen LogP contribution in [0.15, 0.2) is 12.1 Å². The van der Waals surface area contributed by atoms with Crippen molar-refractivity contribution in [3.63, 3.8) is 0 Å². The average Bonchev–Trinajstić information content (AvgIpc) is 2.77. The Morgan fingerprint density at radius 2 is 0.865 bits per heavy atom. The van der Waals surface area contributed by atoms with Crippen molar-refractivity contribution in [2.45, 2.75) is 81.1 Å². The lowest BCUT2D eigenvalue weighted by Crippen LogP contribution is -2.52. The van der Waals surface area contributed by atoms with Gasteiger partial charge in [0.25, 0.3) is 17.1 Å². The third kappa shape index (κ3) is 13.3. The molecule has 0 atom stereocenters. The molecule has 212 valence electrons. The first-order valence-electron chi connectivity index (χ1n) is 13.1. The number of rotatable bonds is 15. The predicted octanol–water partition coefficient (Wildman–Crippen LogP) is 6.47. The second-order valence-corrected chi connectivity index (χ2v) is 11.6. The first-order chi connectivity index (χ1) is 17.0. The summed E-state index contributed by atoms with van der Waals surface area (Å²) >= 11 is 0. The molecule has 0 radical (unpaired) electrons. The summed E-state index contributed by atoms with van der Waals surface area (Å²) in [6, 6.07) is 0.769. The van der Waals surface area contributed by atoms with Crippen LogP contribution in [0.1, 0.15) is 81.1 Å². The zero-order valence-corrected chi connectivity index (χ0v) is 23.8. The number of nitro groups is 3. The summed E-state index contributed by atoms with van der Waals surface area (Å²) in [5, 5.41) is 42.1. The van der Waals surface area contributed by atoms with Gasteiger partial charge in [-0.25, -0.2) is 0 Å². The van der Waals surface area contributed by atoms with Gasteiger partial charge in [-0.05, 0) is 49.4 Å². The number of hydrogen-bond donors (Lipinski definition) is 0. The minimum atomic E-state index is -1.46. The van der Waals surface area contributed by atoms with Crippen molar-refractivity contribution >= 4 is 17.1 Å². The second-order valence-electron chi connectivity index (χ2n) is 11.6. The highest BCUT2D eigenvalue weighted by Gasteiger charge is 2.28. The van der Waals surface area contributed by atoms with Crippen LogP contribution in [0.25, 0.3) is 0 Å². The SMILES string of the molecule is CC(C)CC[N+](CCC(C)C)(CCC(C)C)CCC(C)C.O=[N+]([O-])c1cc([N+](=O)[O-])c([O-])c([N+](=O)[O-])c1. The summed E-state index contributed by atoms with van der Waals surface area (Å²) in [6.45, 7) is 24.6. The summed E-state index contributed by atoms with van der Waals surface area (Å²) in [7, 11) is 0. The Labute approximate surface area is 220 Å². The van der Waals surface area contributed by atoms with Gasteiger partial charge in [0.1, 0.15) is 0 Å². The molecule has 0 fully saturated rings. The van der Waals surface area contributed by atoms with Crippen LogP contribution >= 0.6 is 0 Å². The van der Waals surface area contributed by atoms with Gasteiger partial charge < -0.3 is 9.59 Å². The molecule has 0 aliphatic heterocycles. The second kappa shape index (κ2) is 16.1. The van der Waals surface area contributed by atoms with Gasteiger partial charge in [-0.1, -0.05) is 55.4 Å². The monoisotopic (exact) mass is 526 g/mol. The number of nitrogens with zero attached hydrogens (tertiary/aromatic N) is 4. The Kier molecular flexibility index (Phi) is 14.9. The molecule has 1 rings (SSSR count). The van der Waals surface area contributed by atoms with E-state index in [0.29, 0.717) is 12.1 Å². The summed E-state index contributed by atoms with van der Waals surface area (Å²) in [6.07, 6.45) is 5.53. The van der Waals surface area contributed by atoms with E-state index in [1.54, 1.807) is 0 Å². The zero-order chi connectivity index (χ0) is 28.9. The van der Waals surface area contributed by atoms with Crippen LogP contribution in [-0.2, 0) is 0 Å². The van der Waals surface area contributed by atoms with Crippen LogP contribution in [0.3, 0.4) is 0 Å². The van der Waals surface area contributed by atoms with Gasteiger partial charge in [-0.15, -0.1) is 0 Å². The number of quaternary nitrogens is 1. The van der Waals surface area contributed by atoms with Crippen molar-refractivity contribution in [1.82, 2.24) is 0 Å². The molecule has 11 nitrogen and oxygen atoms in total. The Balaban J connectivity index is 0.000000724. The van der Waals surface area contributed by atoms with E-state index in [-0.39, 0.29) is 0 Å². The molecular weight excluding hydrogens is 480 g/mol. The number of benzene rings is 1. The molecule has 0 amide bonds. The summed E-state index contributed by atoms with van der Waals surface area (Å²) in [5.74, 6) is 1.87. The van der Waals surface area contributed by atoms with Gasteiger partial charge in [0.15, 0.2) is 0 Å². The standard InChI is InChI=1S/C20H44N.C6H3N3O7/c1-17(2)9-13-21(14-10-18(3)4,15-11-19(5)6)16-12-20(7)8;10-6-4(8(13)14)1-3(7(11)12)2-5(6)9(15)16/h17-20H,9-16H2,1-8H3;1-2,10H/q+1;/p-1. The Hall–Kier alpha value is -2.82. The van der Waals surface area contributed by atoms with Gasteiger partial charge in [0.2, 0.25) is 0 Å². The molecule has 0 saturated carbocycles. The zero-order valence-electron chi connectivity index (χ0n) is 23.8. The van der Waals surface area contributed by atoms with Gasteiger partial charge >= 0.3 is 0 Å².